The molecular formula is C9H10BrClFN. The lowest BCUT2D eigenvalue weighted by Crippen LogP contribution is -2.05. The van der Waals surface area contributed by atoms with Gasteiger partial charge in [-0.3, -0.25) is 0 Å². The predicted molar refractivity (Wildman–Crippen MR) is 56.6 cm³/mol. The fourth-order valence-corrected chi connectivity index (χ4v) is 2.12. The molecule has 1 aromatic carbocycles. The summed E-state index contributed by atoms with van der Waals surface area (Å²) in [6.45, 7) is 0. The summed E-state index contributed by atoms with van der Waals surface area (Å²) in [5.41, 5.74) is 7.55. The quantitative estimate of drug-likeness (QED) is 0.768. The third-order valence-electron chi connectivity index (χ3n) is 2.30. The van der Waals surface area contributed by atoms with E-state index in [9.17, 15) is 4.39 Å². The van der Waals surface area contributed by atoms with E-state index in [0.717, 1.165) is 28.4 Å². The van der Waals surface area contributed by atoms with E-state index in [2.05, 4.69) is 15.9 Å². The molecule has 0 bridgehead atoms. The minimum absolute atomic E-state index is 0. The Morgan fingerprint density at radius 1 is 1.46 bits per heavy atom. The van der Waals surface area contributed by atoms with Gasteiger partial charge in [0.05, 0.1) is 0 Å². The van der Waals surface area contributed by atoms with Crippen LogP contribution in [0.4, 0.5) is 4.39 Å². The third kappa shape index (κ3) is 1.87. The van der Waals surface area contributed by atoms with E-state index in [-0.39, 0.29) is 24.3 Å². The summed E-state index contributed by atoms with van der Waals surface area (Å²) in [4.78, 5) is 0. The lowest BCUT2D eigenvalue weighted by atomic mass is 10.1. The molecule has 1 atom stereocenters. The molecule has 0 aliphatic heterocycles. The van der Waals surface area contributed by atoms with Crippen molar-refractivity contribution in [2.75, 3.05) is 0 Å². The van der Waals surface area contributed by atoms with Crippen molar-refractivity contribution < 1.29 is 4.39 Å². The second-order valence-electron chi connectivity index (χ2n) is 3.10. The van der Waals surface area contributed by atoms with Crippen LogP contribution in [0, 0.1) is 5.82 Å². The Morgan fingerprint density at radius 3 is 2.85 bits per heavy atom. The van der Waals surface area contributed by atoms with E-state index < -0.39 is 0 Å². The zero-order valence-electron chi connectivity index (χ0n) is 6.89. The number of halogens is 3. The first-order valence-electron chi connectivity index (χ1n) is 3.92. The minimum atomic E-state index is -0.132. The minimum Gasteiger partial charge on any atom is -0.324 e. The zero-order valence-corrected chi connectivity index (χ0v) is 9.29. The van der Waals surface area contributed by atoms with Crippen LogP contribution in [0.1, 0.15) is 23.6 Å². The second kappa shape index (κ2) is 3.95. The van der Waals surface area contributed by atoms with Gasteiger partial charge < -0.3 is 5.73 Å². The number of fused-ring (bicyclic) bond motifs is 1. The van der Waals surface area contributed by atoms with Crippen molar-refractivity contribution in [3.05, 3.63) is 33.5 Å². The van der Waals surface area contributed by atoms with Gasteiger partial charge in [0, 0.05) is 10.5 Å². The molecule has 2 N–H and O–H groups in total. The summed E-state index contributed by atoms with van der Waals surface area (Å²) in [6.07, 6.45) is 1.64. The maximum absolute atomic E-state index is 13.2. The van der Waals surface area contributed by atoms with Gasteiger partial charge in [-0.1, -0.05) is 15.9 Å². The fraction of sp³-hybridized carbons (Fsp3) is 0.333. The van der Waals surface area contributed by atoms with Crippen LogP contribution in [0.5, 0.6) is 0 Å². The molecule has 0 saturated carbocycles. The van der Waals surface area contributed by atoms with E-state index in [1.165, 1.54) is 6.07 Å². The predicted octanol–water partition coefficient (Wildman–Crippen LogP) is 2.96. The lowest BCUT2D eigenvalue weighted by Gasteiger charge is -2.05. The second-order valence-corrected chi connectivity index (χ2v) is 4.02. The molecule has 13 heavy (non-hydrogen) atoms. The molecule has 1 aliphatic rings. The van der Waals surface area contributed by atoms with Gasteiger partial charge in [-0.25, -0.2) is 4.39 Å². The highest BCUT2D eigenvalue weighted by Gasteiger charge is 2.22. The van der Waals surface area contributed by atoms with Crippen molar-refractivity contribution >= 4 is 28.3 Å². The molecule has 1 aromatic rings. The Bertz CT molecular complexity index is 330. The topological polar surface area (TPSA) is 26.0 Å². The van der Waals surface area contributed by atoms with Crippen LogP contribution < -0.4 is 5.73 Å². The Kier molecular flexibility index (Phi) is 3.33. The molecule has 1 unspecified atom stereocenters. The average Bonchev–Trinajstić information content (AvgIpc) is 2.33. The van der Waals surface area contributed by atoms with Crippen LogP contribution in [-0.2, 0) is 6.42 Å². The summed E-state index contributed by atoms with van der Waals surface area (Å²) in [5, 5.41) is 0. The van der Waals surface area contributed by atoms with E-state index in [4.69, 9.17) is 5.73 Å². The smallest absolute Gasteiger partial charge is 0.127 e. The normalized spacial score (nSPS) is 19.5. The largest absolute Gasteiger partial charge is 0.324 e. The molecule has 0 fully saturated rings. The number of hydrogen-bond donors (Lipinski definition) is 1. The van der Waals surface area contributed by atoms with Crippen molar-refractivity contribution in [2.24, 2.45) is 5.73 Å². The molecule has 1 nitrogen and oxygen atoms in total. The Balaban J connectivity index is 0.000000845. The highest BCUT2D eigenvalue weighted by Crippen LogP contribution is 2.33. The zero-order chi connectivity index (χ0) is 8.72. The van der Waals surface area contributed by atoms with Crippen molar-refractivity contribution in [1.82, 2.24) is 0 Å². The summed E-state index contributed by atoms with van der Waals surface area (Å²) in [6, 6.07) is 3.43. The molecular weight excluding hydrogens is 256 g/mol. The first-order chi connectivity index (χ1) is 5.68. The maximum atomic E-state index is 13.2. The fourth-order valence-electron chi connectivity index (χ4n) is 1.67. The number of hydrogen-bond acceptors (Lipinski definition) is 1. The first-order valence-corrected chi connectivity index (χ1v) is 4.71. The van der Waals surface area contributed by atoms with Gasteiger partial charge in [-0.05, 0) is 36.1 Å². The monoisotopic (exact) mass is 265 g/mol. The van der Waals surface area contributed by atoms with Crippen molar-refractivity contribution in [2.45, 2.75) is 18.9 Å². The summed E-state index contributed by atoms with van der Waals surface area (Å²) >= 11 is 3.25. The lowest BCUT2D eigenvalue weighted by molar-refractivity contribution is 0.611. The molecule has 0 amide bonds. The first kappa shape index (κ1) is 11.0. The SMILES string of the molecule is Cl.NC1CCc2c(F)cc(Br)cc21. The van der Waals surface area contributed by atoms with E-state index in [1.54, 1.807) is 0 Å². The summed E-state index contributed by atoms with van der Waals surface area (Å²) < 4.78 is 14.0. The summed E-state index contributed by atoms with van der Waals surface area (Å²) in [7, 11) is 0. The Labute approximate surface area is 91.0 Å². The van der Waals surface area contributed by atoms with E-state index in [0.29, 0.717) is 0 Å². The molecule has 72 valence electrons. The van der Waals surface area contributed by atoms with Gasteiger partial charge >= 0.3 is 0 Å². The Morgan fingerprint density at radius 2 is 2.15 bits per heavy atom. The van der Waals surface area contributed by atoms with Gasteiger partial charge in [-0.2, -0.15) is 0 Å². The van der Waals surface area contributed by atoms with Crippen LogP contribution in [0.15, 0.2) is 16.6 Å². The van der Waals surface area contributed by atoms with Gasteiger partial charge in [0.1, 0.15) is 5.82 Å². The van der Waals surface area contributed by atoms with Crippen LogP contribution in [0.2, 0.25) is 0 Å². The van der Waals surface area contributed by atoms with Crippen LogP contribution in [0.25, 0.3) is 0 Å². The van der Waals surface area contributed by atoms with Crippen LogP contribution in [-0.4, -0.2) is 0 Å². The molecule has 0 saturated heterocycles. The molecule has 2 rings (SSSR count). The molecule has 0 radical (unpaired) electrons. The van der Waals surface area contributed by atoms with Gasteiger partial charge in [0.15, 0.2) is 0 Å². The molecule has 0 spiro atoms. The van der Waals surface area contributed by atoms with Gasteiger partial charge in [-0.15, -0.1) is 12.4 Å². The Hall–Kier alpha value is -0.120. The number of rotatable bonds is 0. The number of nitrogens with two attached hydrogens (primary N) is 1. The third-order valence-corrected chi connectivity index (χ3v) is 2.76. The summed E-state index contributed by atoms with van der Waals surface area (Å²) in [5.74, 6) is -0.132. The van der Waals surface area contributed by atoms with E-state index >= 15 is 0 Å². The van der Waals surface area contributed by atoms with Crippen LogP contribution >= 0.6 is 28.3 Å². The number of benzene rings is 1. The van der Waals surface area contributed by atoms with Crippen molar-refractivity contribution in [3.63, 3.8) is 0 Å². The molecule has 1 aliphatic carbocycles. The highest BCUT2D eigenvalue weighted by atomic mass is 79.9. The maximum Gasteiger partial charge on any atom is 0.127 e. The van der Waals surface area contributed by atoms with Crippen molar-refractivity contribution in [1.29, 1.82) is 0 Å². The van der Waals surface area contributed by atoms with Crippen LogP contribution in [0.3, 0.4) is 0 Å². The molecule has 0 aromatic heterocycles. The highest BCUT2D eigenvalue weighted by molar-refractivity contribution is 9.10. The van der Waals surface area contributed by atoms with Gasteiger partial charge in [0.2, 0.25) is 0 Å². The van der Waals surface area contributed by atoms with E-state index in [1.807, 2.05) is 6.07 Å². The molecule has 4 heteroatoms. The van der Waals surface area contributed by atoms with Crippen molar-refractivity contribution in [3.8, 4) is 0 Å². The average molecular weight is 267 g/mol. The standard InChI is InChI=1S/C9H9BrFN.ClH/c10-5-3-7-6(8(11)4-5)1-2-9(7)12;/h3-4,9H,1-2,12H2;1H. The molecule has 0 heterocycles. The van der Waals surface area contributed by atoms with Gasteiger partial charge in [0.25, 0.3) is 0 Å².